The topological polar surface area (TPSA) is 18.5 Å². The van der Waals surface area contributed by atoms with Gasteiger partial charge in [-0.05, 0) is 61.6 Å². The molecule has 0 spiro atoms. The minimum absolute atomic E-state index is 0.0399. The zero-order chi connectivity index (χ0) is 22.1. The fourth-order valence-electron chi connectivity index (χ4n) is 4.82. The van der Waals surface area contributed by atoms with E-state index in [0.29, 0.717) is 5.92 Å². The Morgan fingerprint density at radius 3 is 1.62 bits per heavy atom. The lowest BCUT2D eigenvalue weighted by Gasteiger charge is -2.28. The minimum Gasteiger partial charge on any atom is -0.350 e. The van der Waals surface area contributed by atoms with Crippen LogP contribution in [-0.2, 0) is 9.47 Å². The van der Waals surface area contributed by atoms with Gasteiger partial charge >= 0.3 is 0 Å². The lowest BCUT2D eigenvalue weighted by atomic mass is 10.0. The second kappa shape index (κ2) is 11.8. The third kappa shape index (κ3) is 5.67. The van der Waals surface area contributed by atoms with Crippen molar-refractivity contribution in [2.45, 2.75) is 45.3 Å². The van der Waals surface area contributed by atoms with Crippen LogP contribution < -0.4 is 15.9 Å². The maximum absolute atomic E-state index is 5.58. The second-order valence-corrected chi connectivity index (χ2v) is 12.5. The van der Waals surface area contributed by atoms with Crippen LogP contribution in [0.15, 0.2) is 91.0 Å². The molecule has 3 heteroatoms. The molecule has 2 nitrogen and oxygen atoms in total. The van der Waals surface area contributed by atoms with E-state index in [0.717, 1.165) is 19.6 Å². The SMILES string of the molecule is C[C@H](CCCCC1OCCO1)CC[P+](c1ccccc1)(c1ccccc1)c1ccccc1. The molecule has 0 aliphatic carbocycles. The number of rotatable bonds is 11. The Hall–Kier alpha value is -1.99. The summed E-state index contributed by atoms with van der Waals surface area (Å²) in [6.07, 6.45) is 7.22. The Kier molecular flexibility index (Phi) is 8.51. The zero-order valence-electron chi connectivity index (χ0n) is 19.2. The summed E-state index contributed by atoms with van der Waals surface area (Å²) in [5, 5.41) is 4.46. The number of unbranched alkanes of at least 4 members (excludes halogenated alkanes) is 1. The summed E-state index contributed by atoms with van der Waals surface area (Å²) in [4.78, 5) is 0. The van der Waals surface area contributed by atoms with E-state index in [9.17, 15) is 0 Å². The quantitative estimate of drug-likeness (QED) is 0.268. The van der Waals surface area contributed by atoms with Crippen LogP contribution >= 0.6 is 7.26 Å². The molecule has 0 aromatic heterocycles. The molecule has 1 heterocycles. The summed E-state index contributed by atoms with van der Waals surface area (Å²) >= 11 is 0. The van der Waals surface area contributed by atoms with Gasteiger partial charge in [-0.2, -0.15) is 0 Å². The first-order valence-electron chi connectivity index (χ1n) is 12.1. The molecule has 3 aromatic rings. The van der Waals surface area contributed by atoms with Crippen molar-refractivity contribution in [3.05, 3.63) is 91.0 Å². The molecule has 0 saturated carbocycles. The largest absolute Gasteiger partial charge is 0.350 e. The molecule has 1 atom stereocenters. The minimum atomic E-state index is -1.70. The van der Waals surface area contributed by atoms with Crippen molar-refractivity contribution in [1.29, 1.82) is 0 Å². The second-order valence-electron chi connectivity index (χ2n) is 8.89. The maximum Gasteiger partial charge on any atom is 0.157 e. The summed E-state index contributed by atoms with van der Waals surface area (Å²) in [5.74, 6) is 0.705. The first-order valence-corrected chi connectivity index (χ1v) is 14.0. The molecule has 0 unspecified atom stereocenters. The van der Waals surface area contributed by atoms with Crippen LogP contribution in [0.2, 0.25) is 0 Å². The van der Waals surface area contributed by atoms with E-state index in [-0.39, 0.29) is 6.29 Å². The normalized spacial score (nSPS) is 15.7. The van der Waals surface area contributed by atoms with Crippen molar-refractivity contribution in [1.82, 2.24) is 0 Å². The third-order valence-corrected chi connectivity index (χ3v) is 11.1. The lowest BCUT2D eigenvalue weighted by Crippen LogP contribution is -2.33. The molecule has 3 aromatic carbocycles. The van der Waals surface area contributed by atoms with Gasteiger partial charge in [0.05, 0.1) is 19.4 Å². The van der Waals surface area contributed by atoms with Crippen molar-refractivity contribution >= 4 is 23.2 Å². The van der Waals surface area contributed by atoms with Crippen LogP contribution in [0, 0.1) is 5.92 Å². The predicted molar refractivity (Wildman–Crippen MR) is 138 cm³/mol. The first-order chi connectivity index (χ1) is 15.8. The Bertz CT molecular complexity index is 811. The highest BCUT2D eigenvalue weighted by molar-refractivity contribution is 7.95. The van der Waals surface area contributed by atoms with Crippen LogP contribution in [0.1, 0.15) is 39.0 Å². The summed E-state index contributed by atoms with van der Waals surface area (Å²) in [7, 11) is -1.70. The standard InChI is InChI=1S/C29H36O2P/c1-25(13-11-12-20-29-30-22-23-31-29)21-24-32(26-14-5-2-6-15-26,27-16-7-3-8-17-27)28-18-9-4-10-19-28/h2-10,14-19,25,29H,11-13,20-24H2,1H3/q+1/t25-/m1/s1. The summed E-state index contributed by atoms with van der Waals surface area (Å²) in [6, 6.07) is 33.7. The third-order valence-electron chi connectivity index (χ3n) is 6.63. The van der Waals surface area contributed by atoms with Crippen molar-refractivity contribution in [2.75, 3.05) is 19.4 Å². The Morgan fingerprint density at radius 1 is 0.688 bits per heavy atom. The van der Waals surface area contributed by atoms with Crippen molar-refractivity contribution in [3.63, 3.8) is 0 Å². The lowest BCUT2D eigenvalue weighted by molar-refractivity contribution is -0.0481. The van der Waals surface area contributed by atoms with E-state index in [1.165, 1.54) is 47.8 Å². The number of ether oxygens (including phenoxy) is 2. The van der Waals surface area contributed by atoms with Gasteiger partial charge in [-0.3, -0.25) is 0 Å². The van der Waals surface area contributed by atoms with Crippen LogP contribution in [-0.4, -0.2) is 25.7 Å². The monoisotopic (exact) mass is 447 g/mol. The van der Waals surface area contributed by atoms with Crippen molar-refractivity contribution < 1.29 is 9.47 Å². The molecule has 0 bridgehead atoms. The molecule has 0 amide bonds. The highest BCUT2D eigenvalue weighted by Crippen LogP contribution is 2.56. The molecular formula is C29H36O2P+. The molecule has 1 aliphatic heterocycles. The fourth-order valence-corrected chi connectivity index (χ4v) is 9.36. The summed E-state index contributed by atoms with van der Waals surface area (Å²) < 4.78 is 11.2. The van der Waals surface area contributed by atoms with Crippen LogP contribution in [0.25, 0.3) is 0 Å². The van der Waals surface area contributed by atoms with Gasteiger partial charge in [0.2, 0.25) is 0 Å². The average Bonchev–Trinajstić information content (AvgIpc) is 3.38. The number of hydrogen-bond acceptors (Lipinski definition) is 2. The Morgan fingerprint density at radius 2 is 1.16 bits per heavy atom. The van der Waals surface area contributed by atoms with Gasteiger partial charge < -0.3 is 9.47 Å². The van der Waals surface area contributed by atoms with Gasteiger partial charge in [-0.15, -0.1) is 0 Å². The highest BCUT2D eigenvalue weighted by atomic mass is 31.2. The summed E-state index contributed by atoms with van der Waals surface area (Å²) in [6.45, 7) is 3.94. The molecule has 1 saturated heterocycles. The average molecular weight is 448 g/mol. The van der Waals surface area contributed by atoms with Gasteiger partial charge in [0.1, 0.15) is 23.2 Å². The molecule has 168 valence electrons. The van der Waals surface area contributed by atoms with E-state index in [1.807, 2.05) is 0 Å². The van der Waals surface area contributed by atoms with E-state index in [1.54, 1.807) is 0 Å². The molecule has 32 heavy (non-hydrogen) atoms. The van der Waals surface area contributed by atoms with Crippen molar-refractivity contribution in [3.8, 4) is 0 Å². The highest BCUT2D eigenvalue weighted by Gasteiger charge is 2.44. The molecule has 4 rings (SSSR count). The molecular weight excluding hydrogens is 411 g/mol. The fraction of sp³-hybridized carbons (Fsp3) is 0.379. The van der Waals surface area contributed by atoms with Crippen LogP contribution in [0.4, 0.5) is 0 Å². The maximum atomic E-state index is 5.58. The Balaban J connectivity index is 1.51. The van der Waals surface area contributed by atoms with E-state index in [4.69, 9.17) is 9.47 Å². The smallest absolute Gasteiger partial charge is 0.157 e. The van der Waals surface area contributed by atoms with Crippen molar-refractivity contribution in [2.24, 2.45) is 5.92 Å². The molecule has 0 N–H and O–H groups in total. The van der Waals surface area contributed by atoms with E-state index >= 15 is 0 Å². The van der Waals surface area contributed by atoms with Gasteiger partial charge in [0.15, 0.2) is 6.29 Å². The zero-order valence-corrected chi connectivity index (χ0v) is 20.1. The molecule has 0 radical (unpaired) electrons. The molecule has 1 fully saturated rings. The van der Waals surface area contributed by atoms with Gasteiger partial charge in [0, 0.05) is 0 Å². The van der Waals surface area contributed by atoms with E-state index in [2.05, 4.69) is 97.9 Å². The molecule has 1 aliphatic rings. The van der Waals surface area contributed by atoms with Gasteiger partial charge in [0.25, 0.3) is 0 Å². The summed E-state index contributed by atoms with van der Waals surface area (Å²) in [5.41, 5.74) is 0. The van der Waals surface area contributed by atoms with Gasteiger partial charge in [-0.25, -0.2) is 0 Å². The number of hydrogen-bond donors (Lipinski definition) is 0. The van der Waals surface area contributed by atoms with Crippen LogP contribution in [0.5, 0.6) is 0 Å². The van der Waals surface area contributed by atoms with Gasteiger partial charge in [-0.1, -0.05) is 74.4 Å². The predicted octanol–water partition coefficient (Wildman–Crippen LogP) is 5.94. The Labute approximate surface area is 194 Å². The van der Waals surface area contributed by atoms with Crippen LogP contribution in [0.3, 0.4) is 0 Å². The first kappa shape index (κ1) is 23.2. The number of benzene rings is 3. The van der Waals surface area contributed by atoms with E-state index < -0.39 is 7.26 Å².